The van der Waals surface area contributed by atoms with Gasteiger partial charge in [-0.15, -0.1) is 0 Å². The second-order valence-corrected chi connectivity index (χ2v) is 8.74. The highest BCUT2D eigenvalue weighted by Gasteiger charge is 2.36. The summed E-state index contributed by atoms with van der Waals surface area (Å²) in [6.07, 6.45) is 20.1. The van der Waals surface area contributed by atoms with Gasteiger partial charge in [0, 0.05) is 11.8 Å². The zero-order valence-corrected chi connectivity index (χ0v) is 19.2. The largest absolute Gasteiger partial charge is 0.369 e. The Morgan fingerprint density at radius 1 is 0.867 bits per heavy atom. The van der Waals surface area contributed by atoms with Gasteiger partial charge in [0.15, 0.2) is 6.23 Å². The van der Waals surface area contributed by atoms with Crippen LogP contribution in [0.2, 0.25) is 0 Å². The van der Waals surface area contributed by atoms with Crippen molar-refractivity contribution in [3.05, 3.63) is 35.5 Å². The Balaban J connectivity index is 1.52. The molecule has 4 nitrogen and oxygen atoms in total. The second-order valence-electron chi connectivity index (χ2n) is 8.74. The van der Waals surface area contributed by atoms with Gasteiger partial charge >= 0.3 is 0 Å². The Bertz CT molecular complexity index is 642. The second kappa shape index (κ2) is 14.3. The van der Waals surface area contributed by atoms with Crippen LogP contribution in [-0.2, 0) is 4.79 Å². The number of nitrogens with zero attached hydrogens (tertiary/aromatic N) is 2. The summed E-state index contributed by atoms with van der Waals surface area (Å²) in [6.45, 7) is 4.14. The smallest absolute Gasteiger partial charge is 0.257 e. The normalized spacial score (nSPS) is 16.7. The molecule has 0 saturated carbocycles. The van der Waals surface area contributed by atoms with Crippen molar-refractivity contribution in [1.29, 1.82) is 0 Å². The monoisotopic (exact) mass is 414 g/mol. The fraction of sp³-hybridized carbons (Fsp3) is 0.692. The number of hydrogen-bond acceptors (Lipinski definition) is 3. The quantitative estimate of drug-likeness (QED) is 0.298. The average molecular weight is 415 g/mol. The minimum atomic E-state index is -0.881. The Labute approximate surface area is 183 Å². The molecule has 1 N–H and O–H groups in total. The molecule has 0 aromatic carbocycles. The summed E-state index contributed by atoms with van der Waals surface area (Å²) in [5.74, 6) is 0.429. The molecule has 0 fully saturated rings. The number of unbranched alkanes of at least 4 members (excludes halogenated alkanes) is 13. The van der Waals surface area contributed by atoms with Crippen molar-refractivity contribution in [3.63, 3.8) is 0 Å². The molecule has 4 heteroatoms. The SMILES string of the molecule is CCCCCCCCCCCCCCCCC1=C(C)C(O)N(c2ccccn2)C1=O. The van der Waals surface area contributed by atoms with Crippen LogP contribution in [0.15, 0.2) is 35.5 Å². The summed E-state index contributed by atoms with van der Waals surface area (Å²) in [5.41, 5.74) is 1.55. The maximum atomic E-state index is 12.8. The van der Waals surface area contributed by atoms with E-state index in [0.717, 1.165) is 30.4 Å². The topological polar surface area (TPSA) is 53.4 Å². The van der Waals surface area contributed by atoms with Crippen molar-refractivity contribution in [2.45, 2.75) is 116 Å². The number of anilines is 1. The fourth-order valence-corrected chi connectivity index (χ4v) is 4.30. The van der Waals surface area contributed by atoms with Gasteiger partial charge in [0.1, 0.15) is 5.82 Å². The van der Waals surface area contributed by atoms with Crippen molar-refractivity contribution in [2.24, 2.45) is 0 Å². The van der Waals surface area contributed by atoms with Gasteiger partial charge in [-0.2, -0.15) is 0 Å². The molecule has 2 rings (SSSR count). The molecule has 1 atom stereocenters. The van der Waals surface area contributed by atoms with Crippen molar-refractivity contribution < 1.29 is 9.90 Å². The lowest BCUT2D eigenvalue weighted by Crippen LogP contribution is -2.35. The van der Waals surface area contributed by atoms with Crippen LogP contribution < -0.4 is 4.90 Å². The number of carbonyl (C=O) groups is 1. The van der Waals surface area contributed by atoms with Crippen LogP contribution in [0.3, 0.4) is 0 Å². The molecule has 0 bridgehead atoms. The maximum absolute atomic E-state index is 12.8. The molecule has 1 unspecified atom stereocenters. The Hall–Kier alpha value is -1.68. The molecule has 0 radical (unpaired) electrons. The van der Waals surface area contributed by atoms with Crippen molar-refractivity contribution in [1.82, 2.24) is 4.98 Å². The van der Waals surface area contributed by atoms with Gasteiger partial charge in [-0.1, -0.05) is 96.5 Å². The highest BCUT2D eigenvalue weighted by molar-refractivity contribution is 6.09. The highest BCUT2D eigenvalue weighted by atomic mass is 16.3. The molecule has 1 amide bonds. The zero-order valence-electron chi connectivity index (χ0n) is 19.2. The lowest BCUT2D eigenvalue weighted by atomic mass is 10.0. The van der Waals surface area contributed by atoms with Gasteiger partial charge in [-0.3, -0.25) is 9.69 Å². The van der Waals surface area contributed by atoms with E-state index in [9.17, 15) is 9.90 Å². The Morgan fingerprint density at radius 2 is 1.40 bits per heavy atom. The average Bonchev–Trinajstić information content (AvgIpc) is 2.97. The van der Waals surface area contributed by atoms with E-state index in [2.05, 4.69) is 11.9 Å². The molecule has 1 aliphatic rings. The van der Waals surface area contributed by atoms with Crippen LogP contribution in [0.4, 0.5) is 5.82 Å². The van der Waals surface area contributed by atoms with E-state index in [1.54, 1.807) is 12.3 Å². The minimum Gasteiger partial charge on any atom is -0.369 e. The van der Waals surface area contributed by atoms with Gasteiger partial charge in [-0.25, -0.2) is 4.98 Å². The number of amides is 1. The third-order valence-corrected chi connectivity index (χ3v) is 6.26. The van der Waals surface area contributed by atoms with E-state index in [-0.39, 0.29) is 5.91 Å². The van der Waals surface area contributed by atoms with Gasteiger partial charge in [0.2, 0.25) is 0 Å². The van der Waals surface area contributed by atoms with Crippen LogP contribution >= 0.6 is 0 Å². The molecule has 0 aliphatic carbocycles. The molecule has 1 aromatic rings. The number of rotatable bonds is 16. The molecule has 0 saturated heterocycles. The van der Waals surface area contributed by atoms with E-state index in [1.807, 2.05) is 19.1 Å². The number of pyridine rings is 1. The Morgan fingerprint density at radius 3 is 1.90 bits per heavy atom. The van der Waals surface area contributed by atoms with Gasteiger partial charge in [0.25, 0.3) is 5.91 Å². The summed E-state index contributed by atoms with van der Waals surface area (Å²) in [6, 6.07) is 5.42. The van der Waals surface area contributed by atoms with E-state index in [0.29, 0.717) is 5.82 Å². The van der Waals surface area contributed by atoms with E-state index >= 15 is 0 Å². The summed E-state index contributed by atoms with van der Waals surface area (Å²) in [5, 5.41) is 10.5. The zero-order chi connectivity index (χ0) is 21.6. The van der Waals surface area contributed by atoms with Gasteiger partial charge in [-0.05, 0) is 37.5 Å². The van der Waals surface area contributed by atoms with Crippen molar-refractivity contribution >= 4 is 11.7 Å². The first-order valence-corrected chi connectivity index (χ1v) is 12.3. The van der Waals surface area contributed by atoms with E-state index < -0.39 is 6.23 Å². The molecule has 30 heavy (non-hydrogen) atoms. The first-order chi connectivity index (χ1) is 14.7. The molecule has 168 valence electrons. The summed E-state index contributed by atoms with van der Waals surface area (Å²) in [4.78, 5) is 18.4. The maximum Gasteiger partial charge on any atom is 0.257 e. The van der Waals surface area contributed by atoms with Crippen LogP contribution in [0.1, 0.15) is 110 Å². The Kier molecular flexibility index (Phi) is 11.8. The lowest BCUT2D eigenvalue weighted by molar-refractivity contribution is -0.115. The van der Waals surface area contributed by atoms with Crippen molar-refractivity contribution in [3.8, 4) is 0 Å². The highest BCUT2D eigenvalue weighted by Crippen LogP contribution is 2.31. The van der Waals surface area contributed by atoms with Gasteiger partial charge in [0.05, 0.1) is 0 Å². The molecule has 1 aromatic heterocycles. The van der Waals surface area contributed by atoms with E-state index in [4.69, 9.17) is 0 Å². The third-order valence-electron chi connectivity index (χ3n) is 6.26. The minimum absolute atomic E-state index is 0.0894. The number of aromatic nitrogens is 1. The van der Waals surface area contributed by atoms with Crippen molar-refractivity contribution in [2.75, 3.05) is 4.90 Å². The third kappa shape index (κ3) is 7.86. The molecular formula is C26H42N2O2. The number of aliphatic hydroxyl groups is 1. The molecule has 1 aliphatic heterocycles. The summed E-state index contributed by atoms with van der Waals surface area (Å²) < 4.78 is 0. The molecule has 0 spiro atoms. The summed E-state index contributed by atoms with van der Waals surface area (Å²) in [7, 11) is 0. The number of hydrogen-bond donors (Lipinski definition) is 1. The standard InChI is InChI=1S/C26H42N2O2/c1-3-4-5-6-7-8-9-10-11-12-13-14-15-16-19-23-22(2)25(29)28(26(23)30)24-20-17-18-21-27-24/h17-18,20-21,25,29H,3-16,19H2,1-2H3. The van der Waals surface area contributed by atoms with Crippen LogP contribution in [0.5, 0.6) is 0 Å². The molecule has 2 heterocycles. The fourth-order valence-electron chi connectivity index (χ4n) is 4.30. The van der Waals surface area contributed by atoms with Crippen LogP contribution in [0, 0.1) is 0 Å². The number of aliphatic hydroxyl groups excluding tert-OH is 1. The first kappa shape index (κ1) is 24.6. The predicted octanol–water partition coefficient (Wildman–Crippen LogP) is 6.93. The van der Waals surface area contributed by atoms with E-state index in [1.165, 1.54) is 81.9 Å². The molecular weight excluding hydrogens is 372 g/mol. The number of carbonyl (C=O) groups excluding carboxylic acids is 1. The first-order valence-electron chi connectivity index (χ1n) is 12.3. The van der Waals surface area contributed by atoms with Crippen LogP contribution in [-0.4, -0.2) is 22.2 Å². The van der Waals surface area contributed by atoms with Crippen LogP contribution in [0.25, 0.3) is 0 Å². The van der Waals surface area contributed by atoms with Gasteiger partial charge < -0.3 is 5.11 Å². The predicted molar refractivity (Wildman–Crippen MR) is 125 cm³/mol. The summed E-state index contributed by atoms with van der Waals surface area (Å²) >= 11 is 0. The lowest BCUT2D eigenvalue weighted by Gasteiger charge is -2.20.